The Labute approximate surface area is 86.7 Å². The molecule has 0 aromatic rings. The summed E-state index contributed by atoms with van der Waals surface area (Å²) in [6.45, 7) is 8.29. The predicted molar refractivity (Wildman–Crippen MR) is 57.1 cm³/mol. The number of likely N-dealkylation sites (tertiary alicyclic amines) is 1. The maximum Gasteiger partial charge on any atom is 0.0718 e. The van der Waals surface area contributed by atoms with Crippen LogP contribution in [-0.4, -0.2) is 46.5 Å². The summed E-state index contributed by atoms with van der Waals surface area (Å²) < 4.78 is 0. The van der Waals surface area contributed by atoms with Gasteiger partial charge in [-0.2, -0.15) is 0 Å². The molecule has 2 N–H and O–H groups in total. The predicted octanol–water partition coefficient (Wildman–Crippen LogP) is 0.850. The van der Waals surface area contributed by atoms with Gasteiger partial charge in [0.2, 0.25) is 0 Å². The first kappa shape index (κ1) is 12.0. The molecular weight excluding hydrogens is 178 g/mol. The van der Waals surface area contributed by atoms with Crippen LogP contribution in [0.2, 0.25) is 0 Å². The summed E-state index contributed by atoms with van der Waals surface area (Å²) in [6.07, 6.45) is 1.92. The van der Waals surface area contributed by atoms with E-state index in [1.807, 2.05) is 20.8 Å². The van der Waals surface area contributed by atoms with Crippen LogP contribution in [0.3, 0.4) is 0 Å². The van der Waals surface area contributed by atoms with E-state index < -0.39 is 5.60 Å². The highest BCUT2D eigenvalue weighted by atomic mass is 16.3. The zero-order valence-corrected chi connectivity index (χ0v) is 9.53. The quantitative estimate of drug-likeness (QED) is 0.711. The van der Waals surface area contributed by atoms with Crippen molar-refractivity contribution in [2.45, 2.75) is 45.3 Å². The van der Waals surface area contributed by atoms with Crippen LogP contribution in [0.4, 0.5) is 0 Å². The number of β-amino-alcohol motifs (C(OH)–C–C–N with tert-alkyl or cyclic N) is 1. The fourth-order valence-electron chi connectivity index (χ4n) is 2.14. The normalized spacial score (nSPS) is 23.8. The lowest BCUT2D eigenvalue weighted by Crippen LogP contribution is -2.44. The summed E-state index contributed by atoms with van der Waals surface area (Å²) >= 11 is 0. The molecule has 1 rings (SSSR count). The van der Waals surface area contributed by atoms with Gasteiger partial charge in [-0.25, -0.2) is 0 Å². The highest BCUT2D eigenvalue weighted by Gasteiger charge is 2.25. The molecule has 0 amide bonds. The minimum atomic E-state index is -0.600. The molecule has 0 aliphatic carbocycles. The van der Waals surface area contributed by atoms with Gasteiger partial charge in [0, 0.05) is 6.54 Å². The highest BCUT2D eigenvalue weighted by Crippen LogP contribution is 2.21. The Morgan fingerprint density at radius 2 is 1.86 bits per heavy atom. The van der Waals surface area contributed by atoms with E-state index in [1.165, 1.54) is 0 Å². The molecule has 3 nitrogen and oxygen atoms in total. The average molecular weight is 201 g/mol. The summed E-state index contributed by atoms with van der Waals surface area (Å²) in [4.78, 5) is 2.28. The van der Waals surface area contributed by atoms with Crippen LogP contribution in [0.25, 0.3) is 0 Å². The van der Waals surface area contributed by atoms with Crippen LogP contribution in [0.5, 0.6) is 0 Å². The van der Waals surface area contributed by atoms with Crippen molar-refractivity contribution in [3.05, 3.63) is 0 Å². The van der Waals surface area contributed by atoms with Gasteiger partial charge >= 0.3 is 0 Å². The minimum Gasteiger partial charge on any atom is -0.393 e. The lowest BCUT2D eigenvalue weighted by atomic mass is 9.91. The second kappa shape index (κ2) is 4.60. The van der Waals surface area contributed by atoms with Crippen LogP contribution in [0, 0.1) is 5.92 Å². The van der Waals surface area contributed by atoms with Gasteiger partial charge in [-0.05, 0) is 52.6 Å². The zero-order chi connectivity index (χ0) is 10.8. The number of piperidine rings is 1. The van der Waals surface area contributed by atoms with Crippen molar-refractivity contribution in [1.29, 1.82) is 0 Å². The molecule has 3 heteroatoms. The van der Waals surface area contributed by atoms with E-state index in [4.69, 9.17) is 0 Å². The van der Waals surface area contributed by atoms with E-state index in [-0.39, 0.29) is 6.10 Å². The average Bonchev–Trinajstić information content (AvgIpc) is 2.02. The molecule has 0 spiro atoms. The number of aliphatic hydroxyl groups excluding tert-OH is 1. The molecule has 84 valence electrons. The van der Waals surface area contributed by atoms with Crippen LogP contribution >= 0.6 is 0 Å². The first-order valence-corrected chi connectivity index (χ1v) is 5.51. The number of aliphatic hydroxyl groups is 2. The van der Waals surface area contributed by atoms with Crippen molar-refractivity contribution in [1.82, 2.24) is 4.90 Å². The molecule has 0 aromatic heterocycles. The fourth-order valence-corrected chi connectivity index (χ4v) is 2.14. The Bertz CT molecular complexity index is 167. The summed E-state index contributed by atoms with van der Waals surface area (Å²) in [6, 6.07) is 0. The molecule has 0 saturated carbocycles. The lowest BCUT2D eigenvalue weighted by molar-refractivity contribution is 0.0108. The van der Waals surface area contributed by atoms with Gasteiger partial charge < -0.3 is 15.1 Å². The summed E-state index contributed by atoms with van der Waals surface area (Å²) in [5.41, 5.74) is -0.600. The van der Waals surface area contributed by atoms with Crippen LogP contribution in [0.15, 0.2) is 0 Å². The van der Waals surface area contributed by atoms with Gasteiger partial charge in [-0.1, -0.05) is 0 Å². The molecule has 1 heterocycles. The molecule has 0 bridgehead atoms. The van der Waals surface area contributed by atoms with Gasteiger partial charge in [0.25, 0.3) is 0 Å². The number of nitrogens with zero attached hydrogens (tertiary/aromatic N) is 1. The number of hydrogen-bond acceptors (Lipinski definition) is 3. The molecule has 1 aliphatic heterocycles. The monoisotopic (exact) mass is 201 g/mol. The van der Waals surface area contributed by atoms with E-state index in [0.29, 0.717) is 5.92 Å². The van der Waals surface area contributed by atoms with Crippen molar-refractivity contribution in [3.63, 3.8) is 0 Å². The smallest absolute Gasteiger partial charge is 0.0718 e. The largest absolute Gasteiger partial charge is 0.393 e. The van der Waals surface area contributed by atoms with Crippen LogP contribution in [-0.2, 0) is 0 Å². The Kier molecular flexibility index (Phi) is 3.93. The van der Waals surface area contributed by atoms with Crippen molar-refractivity contribution < 1.29 is 10.2 Å². The van der Waals surface area contributed by atoms with Crippen molar-refractivity contribution in [2.24, 2.45) is 5.92 Å². The summed E-state index contributed by atoms with van der Waals surface area (Å²) in [5.74, 6) is 0.452. The molecule has 1 atom stereocenters. The van der Waals surface area contributed by atoms with Crippen molar-refractivity contribution in [3.8, 4) is 0 Å². The lowest BCUT2D eigenvalue weighted by Gasteiger charge is -2.36. The van der Waals surface area contributed by atoms with Gasteiger partial charge in [0.15, 0.2) is 0 Å². The zero-order valence-electron chi connectivity index (χ0n) is 9.53. The Morgan fingerprint density at radius 3 is 2.21 bits per heavy atom. The van der Waals surface area contributed by atoms with Gasteiger partial charge in [0.1, 0.15) is 0 Å². The van der Waals surface area contributed by atoms with Crippen LogP contribution < -0.4 is 0 Å². The molecule has 14 heavy (non-hydrogen) atoms. The topological polar surface area (TPSA) is 43.7 Å². The number of rotatable bonds is 3. The molecule has 1 aliphatic rings. The van der Waals surface area contributed by atoms with E-state index >= 15 is 0 Å². The van der Waals surface area contributed by atoms with Crippen molar-refractivity contribution >= 4 is 0 Å². The molecule has 1 fully saturated rings. The third-order valence-electron chi connectivity index (χ3n) is 2.93. The van der Waals surface area contributed by atoms with Gasteiger partial charge in [-0.3, -0.25) is 0 Å². The first-order valence-electron chi connectivity index (χ1n) is 5.51. The van der Waals surface area contributed by atoms with Gasteiger partial charge in [0.05, 0.1) is 11.7 Å². The Balaban J connectivity index is 2.29. The second-order valence-corrected chi connectivity index (χ2v) is 5.17. The Morgan fingerprint density at radius 1 is 1.36 bits per heavy atom. The fraction of sp³-hybridized carbons (Fsp3) is 1.00. The third kappa shape index (κ3) is 3.95. The SMILES string of the molecule is CC(O)C1CCN(CC(C)(C)O)CC1. The maximum atomic E-state index is 9.65. The van der Waals surface area contributed by atoms with E-state index in [9.17, 15) is 10.2 Å². The highest BCUT2D eigenvalue weighted by molar-refractivity contribution is 4.79. The molecular formula is C11H23NO2. The van der Waals surface area contributed by atoms with E-state index in [1.54, 1.807) is 0 Å². The molecule has 1 saturated heterocycles. The molecule has 0 radical (unpaired) electrons. The van der Waals surface area contributed by atoms with Crippen LogP contribution in [0.1, 0.15) is 33.6 Å². The summed E-state index contributed by atoms with van der Waals surface area (Å²) in [7, 11) is 0. The van der Waals surface area contributed by atoms with Crippen molar-refractivity contribution in [2.75, 3.05) is 19.6 Å². The maximum absolute atomic E-state index is 9.65. The third-order valence-corrected chi connectivity index (χ3v) is 2.93. The first-order chi connectivity index (χ1) is 6.38. The number of hydrogen-bond donors (Lipinski definition) is 2. The standard InChI is InChI=1S/C11H23NO2/c1-9(13)10-4-6-12(7-5-10)8-11(2,3)14/h9-10,13-14H,4-8H2,1-3H3. The van der Waals surface area contributed by atoms with E-state index in [2.05, 4.69) is 4.90 Å². The molecule has 1 unspecified atom stereocenters. The minimum absolute atomic E-state index is 0.181. The van der Waals surface area contributed by atoms with E-state index in [0.717, 1.165) is 32.5 Å². The molecule has 0 aromatic carbocycles. The summed E-state index contributed by atoms with van der Waals surface area (Å²) in [5, 5.41) is 19.1. The van der Waals surface area contributed by atoms with Gasteiger partial charge in [-0.15, -0.1) is 0 Å². The second-order valence-electron chi connectivity index (χ2n) is 5.17. The Hall–Kier alpha value is -0.120.